The van der Waals surface area contributed by atoms with Crippen LogP contribution in [0.4, 0.5) is 4.39 Å². The van der Waals surface area contributed by atoms with Crippen LogP contribution in [0, 0.1) is 5.92 Å². The topological polar surface area (TPSA) is 32.3 Å². The van der Waals surface area contributed by atoms with Crippen molar-refractivity contribution in [1.82, 2.24) is 5.32 Å². The second-order valence-corrected chi connectivity index (χ2v) is 4.50. The Balaban J connectivity index is 1.93. The molecule has 3 heteroatoms. The quantitative estimate of drug-likeness (QED) is 0.824. The van der Waals surface area contributed by atoms with Gasteiger partial charge in [-0.2, -0.15) is 0 Å². The average Bonchev–Trinajstić information content (AvgIpc) is 2.30. The van der Waals surface area contributed by atoms with Crippen LogP contribution < -0.4 is 5.32 Å². The number of nitrogens with one attached hydrogen (secondary N) is 1. The van der Waals surface area contributed by atoms with Gasteiger partial charge in [0, 0.05) is 18.9 Å². The van der Waals surface area contributed by atoms with Crippen LogP contribution in [-0.2, 0) is 6.42 Å². The molecule has 2 N–H and O–H groups in total. The molecule has 0 bridgehead atoms. The molecule has 2 atom stereocenters. The summed E-state index contributed by atoms with van der Waals surface area (Å²) in [5.74, 6) is 0.336. The molecule has 1 fully saturated rings. The van der Waals surface area contributed by atoms with Crippen LogP contribution in [0.2, 0.25) is 0 Å². The van der Waals surface area contributed by atoms with Gasteiger partial charge in [0.15, 0.2) is 0 Å². The molecule has 1 saturated heterocycles. The molecule has 2 nitrogen and oxygen atoms in total. The predicted octanol–water partition coefficient (Wildman–Crippen LogP) is 2.27. The number of rotatable bonds is 3. The van der Waals surface area contributed by atoms with E-state index in [1.807, 2.05) is 6.07 Å². The van der Waals surface area contributed by atoms with Crippen molar-refractivity contribution in [2.45, 2.75) is 25.4 Å². The largest absolute Gasteiger partial charge is 0.508 e. The molecular weight excluding hydrogens is 205 g/mol. The van der Waals surface area contributed by atoms with Crippen LogP contribution in [0.15, 0.2) is 24.3 Å². The molecule has 0 aliphatic carbocycles. The lowest BCUT2D eigenvalue weighted by Gasteiger charge is -2.25. The predicted molar refractivity (Wildman–Crippen MR) is 62.3 cm³/mol. The van der Waals surface area contributed by atoms with Gasteiger partial charge in [0.25, 0.3) is 0 Å². The van der Waals surface area contributed by atoms with E-state index in [9.17, 15) is 9.50 Å². The Morgan fingerprint density at radius 2 is 2.38 bits per heavy atom. The van der Waals surface area contributed by atoms with Gasteiger partial charge in [-0.15, -0.1) is 0 Å². The molecule has 1 aliphatic heterocycles. The number of hydrogen-bond donors (Lipinski definition) is 2. The fourth-order valence-electron chi connectivity index (χ4n) is 2.26. The van der Waals surface area contributed by atoms with Gasteiger partial charge in [0.05, 0.1) is 0 Å². The summed E-state index contributed by atoms with van der Waals surface area (Å²) >= 11 is 0. The normalized spacial score (nSPS) is 22.9. The molecular formula is C13H18FNO. The second kappa shape index (κ2) is 5.30. The molecule has 16 heavy (non-hydrogen) atoms. The van der Waals surface area contributed by atoms with Crippen LogP contribution >= 0.6 is 0 Å². The maximum Gasteiger partial charge on any atom is 0.115 e. The summed E-state index contributed by atoms with van der Waals surface area (Å²) < 4.78 is 14.0. The third-order valence-corrected chi connectivity index (χ3v) is 3.19. The van der Waals surface area contributed by atoms with Crippen molar-refractivity contribution in [3.05, 3.63) is 29.8 Å². The van der Waals surface area contributed by atoms with Crippen LogP contribution in [0.25, 0.3) is 0 Å². The highest BCUT2D eigenvalue weighted by atomic mass is 19.1. The van der Waals surface area contributed by atoms with E-state index in [4.69, 9.17) is 0 Å². The van der Waals surface area contributed by atoms with Crippen molar-refractivity contribution in [1.29, 1.82) is 0 Å². The van der Waals surface area contributed by atoms with Gasteiger partial charge in [-0.05, 0) is 37.1 Å². The fourth-order valence-corrected chi connectivity index (χ4v) is 2.26. The van der Waals surface area contributed by atoms with Crippen molar-refractivity contribution in [3.8, 4) is 5.75 Å². The van der Waals surface area contributed by atoms with Crippen molar-refractivity contribution < 1.29 is 9.50 Å². The molecule has 1 aliphatic rings. The van der Waals surface area contributed by atoms with Crippen molar-refractivity contribution >= 4 is 0 Å². The first-order valence-corrected chi connectivity index (χ1v) is 5.88. The first-order valence-electron chi connectivity index (χ1n) is 5.88. The zero-order valence-electron chi connectivity index (χ0n) is 9.32. The number of alkyl halides is 1. The number of piperidine rings is 1. The lowest BCUT2D eigenvalue weighted by atomic mass is 9.91. The molecule has 88 valence electrons. The Morgan fingerprint density at radius 3 is 3.06 bits per heavy atom. The zero-order valence-corrected chi connectivity index (χ0v) is 9.32. The molecule has 0 spiro atoms. The zero-order chi connectivity index (χ0) is 11.4. The smallest absolute Gasteiger partial charge is 0.115 e. The minimum atomic E-state index is -0.811. The van der Waals surface area contributed by atoms with E-state index in [-0.39, 0.29) is 11.7 Å². The maximum atomic E-state index is 14.0. The van der Waals surface area contributed by atoms with E-state index >= 15 is 0 Å². The average molecular weight is 223 g/mol. The number of aromatic hydroxyl groups is 1. The molecule has 0 amide bonds. The van der Waals surface area contributed by atoms with Gasteiger partial charge in [0.1, 0.15) is 11.9 Å². The van der Waals surface area contributed by atoms with Crippen molar-refractivity contribution in [3.63, 3.8) is 0 Å². The Kier molecular flexibility index (Phi) is 3.78. The van der Waals surface area contributed by atoms with Gasteiger partial charge in [-0.1, -0.05) is 12.1 Å². The Hall–Kier alpha value is -1.09. The summed E-state index contributed by atoms with van der Waals surface area (Å²) in [4.78, 5) is 0. The maximum absolute atomic E-state index is 14.0. The Bertz CT molecular complexity index is 336. The highest BCUT2D eigenvalue weighted by Crippen LogP contribution is 2.22. The van der Waals surface area contributed by atoms with E-state index in [1.165, 1.54) is 0 Å². The van der Waals surface area contributed by atoms with E-state index in [1.54, 1.807) is 18.2 Å². The lowest BCUT2D eigenvalue weighted by Crippen LogP contribution is -2.35. The van der Waals surface area contributed by atoms with Crippen molar-refractivity contribution in [2.24, 2.45) is 5.92 Å². The van der Waals surface area contributed by atoms with E-state index < -0.39 is 6.17 Å². The minimum absolute atomic E-state index is 0.121. The number of hydrogen-bond acceptors (Lipinski definition) is 2. The van der Waals surface area contributed by atoms with E-state index in [0.29, 0.717) is 6.42 Å². The second-order valence-electron chi connectivity index (χ2n) is 4.50. The SMILES string of the molecule is Oc1cccc(CC(F)C2CCCNC2)c1. The molecule has 0 saturated carbocycles. The van der Waals surface area contributed by atoms with Gasteiger partial charge in [0.2, 0.25) is 0 Å². The summed E-state index contributed by atoms with van der Waals surface area (Å²) in [5.41, 5.74) is 0.873. The molecule has 1 aromatic carbocycles. The van der Waals surface area contributed by atoms with E-state index in [0.717, 1.165) is 31.5 Å². The Morgan fingerprint density at radius 1 is 1.50 bits per heavy atom. The van der Waals surface area contributed by atoms with Crippen LogP contribution in [-0.4, -0.2) is 24.4 Å². The summed E-state index contributed by atoms with van der Waals surface area (Å²) in [6.45, 7) is 1.79. The third-order valence-electron chi connectivity index (χ3n) is 3.19. The fraction of sp³-hybridized carbons (Fsp3) is 0.538. The first kappa shape index (κ1) is 11.4. The highest BCUT2D eigenvalue weighted by molar-refractivity contribution is 5.27. The molecule has 1 heterocycles. The monoisotopic (exact) mass is 223 g/mol. The highest BCUT2D eigenvalue weighted by Gasteiger charge is 2.23. The first-order chi connectivity index (χ1) is 7.75. The number of phenols is 1. The summed E-state index contributed by atoms with van der Waals surface area (Å²) in [6, 6.07) is 6.88. The molecule has 2 unspecified atom stereocenters. The summed E-state index contributed by atoms with van der Waals surface area (Å²) in [6.07, 6.45) is 1.62. The van der Waals surface area contributed by atoms with E-state index in [2.05, 4.69) is 5.32 Å². The standard InChI is InChI=1S/C13H18FNO/c14-13(11-4-2-6-15-9-11)8-10-3-1-5-12(16)7-10/h1,3,5,7,11,13,15-16H,2,4,6,8-9H2. The summed E-state index contributed by atoms with van der Waals surface area (Å²) in [5, 5.41) is 12.5. The van der Waals surface area contributed by atoms with Gasteiger partial charge >= 0.3 is 0 Å². The minimum Gasteiger partial charge on any atom is -0.508 e. The van der Waals surface area contributed by atoms with Gasteiger partial charge < -0.3 is 10.4 Å². The number of benzene rings is 1. The number of halogens is 1. The molecule has 0 radical (unpaired) electrons. The van der Waals surface area contributed by atoms with Gasteiger partial charge in [-0.3, -0.25) is 0 Å². The molecule has 2 rings (SSSR count). The molecule has 1 aromatic rings. The Labute approximate surface area is 95.5 Å². The van der Waals surface area contributed by atoms with Gasteiger partial charge in [-0.25, -0.2) is 4.39 Å². The molecule has 0 aromatic heterocycles. The third kappa shape index (κ3) is 2.95. The van der Waals surface area contributed by atoms with Crippen LogP contribution in [0.1, 0.15) is 18.4 Å². The lowest BCUT2D eigenvalue weighted by molar-refractivity contribution is 0.191. The summed E-state index contributed by atoms with van der Waals surface area (Å²) in [7, 11) is 0. The van der Waals surface area contributed by atoms with Crippen LogP contribution in [0.5, 0.6) is 5.75 Å². The van der Waals surface area contributed by atoms with Crippen LogP contribution in [0.3, 0.4) is 0 Å². The van der Waals surface area contributed by atoms with Crippen molar-refractivity contribution in [2.75, 3.05) is 13.1 Å². The number of phenolic OH excluding ortho intramolecular Hbond substituents is 1.